The van der Waals surface area contributed by atoms with E-state index in [4.69, 9.17) is 14.3 Å². The molecule has 1 amide bonds. The number of hydrogen-bond acceptors (Lipinski definition) is 9. The van der Waals surface area contributed by atoms with Crippen molar-refractivity contribution in [1.29, 1.82) is 0 Å². The molecule has 3 heterocycles. The predicted octanol–water partition coefficient (Wildman–Crippen LogP) is 7.54. The largest absolute Gasteiger partial charge is 0.476 e. The number of amides is 1. The van der Waals surface area contributed by atoms with Crippen LogP contribution in [-0.2, 0) is 17.1 Å². The fourth-order valence-electron chi connectivity index (χ4n) is 4.21. The molecule has 5 rings (SSSR count). The monoisotopic (exact) mass is 691 g/mol. The van der Waals surface area contributed by atoms with E-state index in [1.165, 1.54) is 18.3 Å². The number of carbonyl (C=O) groups is 2. The number of likely N-dealkylation sites (N-methyl/N-ethyl adjacent to an activating group) is 1. The number of carboxylic acid groups (broad SMARTS) is 1. The predicted molar refractivity (Wildman–Crippen MR) is 163 cm³/mol. The maximum absolute atomic E-state index is 13.4. The lowest BCUT2D eigenvalue weighted by Crippen LogP contribution is -2.27. The van der Waals surface area contributed by atoms with Crippen molar-refractivity contribution in [2.75, 3.05) is 37.0 Å². The van der Waals surface area contributed by atoms with E-state index < -0.39 is 47.1 Å². The Morgan fingerprint density at radius 1 is 0.816 bits per heavy atom. The molecule has 258 valence electrons. The second-order valence-corrected chi connectivity index (χ2v) is 9.86. The van der Waals surface area contributed by atoms with Gasteiger partial charge in [0.1, 0.15) is 5.82 Å². The van der Waals surface area contributed by atoms with Gasteiger partial charge in [-0.05, 0) is 43.3 Å². The molecule has 0 aliphatic heterocycles. The van der Waals surface area contributed by atoms with Crippen LogP contribution in [0.15, 0.2) is 87.8 Å². The number of halogens is 6. The second kappa shape index (κ2) is 15.5. The highest BCUT2D eigenvalue weighted by molar-refractivity contribution is 6.04. The Morgan fingerprint density at radius 2 is 1.33 bits per heavy atom. The summed E-state index contributed by atoms with van der Waals surface area (Å²) in [4.78, 5) is 36.6. The Hall–Kier alpha value is -5.71. The van der Waals surface area contributed by atoms with Crippen LogP contribution in [0.5, 0.6) is 0 Å². The van der Waals surface area contributed by atoms with Gasteiger partial charge in [-0.15, -0.1) is 0 Å². The molecule has 0 bridgehead atoms. The zero-order chi connectivity index (χ0) is 35.8. The molecule has 5 aromatic rings. The molecule has 0 saturated carbocycles. The van der Waals surface area contributed by atoms with E-state index in [-0.39, 0.29) is 23.0 Å². The minimum Gasteiger partial charge on any atom is -0.476 e. The number of alkyl halides is 6. The standard InChI is InChI=1S/C21H21F3N4O3.C11H6F3NO3/c1-3-28(11-12-30-2)16-10-9-15(13-25-16)26-19(29)17-18(21(22,23)24)31-20(27-17)14-7-5-4-6-8-14;12-11(13,14)8-7(10(16)17)15-9(18-8)6-4-2-1-3-5-6/h4-10,13H,3,11-12H2,1-2H3,(H,26,29);1-5H,(H,16,17). The summed E-state index contributed by atoms with van der Waals surface area (Å²) < 4.78 is 92.3. The number of anilines is 2. The number of aromatic carboxylic acids is 1. The molecule has 0 fully saturated rings. The Kier molecular flexibility index (Phi) is 11.4. The average molecular weight is 692 g/mol. The van der Waals surface area contributed by atoms with Gasteiger partial charge in [-0.25, -0.2) is 19.7 Å². The third-order valence-electron chi connectivity index (χ3n) is 6.51. The molecular weight excluding hydrogens is 664 g/mol. The lowest BCUT2D eigenvalue weighted by atomic mass is 10.2. The van der Waals surface area contributed by atoms with Crippen molar-refractivity contribution in [2.24, 2.45) is 0 Å². The van der Waals surface area contributed by atoms with Crippen LogP contribution in [0.1, 0.15) is 39.4 Å². The maximum atomic E-state index is 13.4. The van der Waals surface area contributed by atoms with Crippen molar-refractivity contribution >= 4 is 23.4 Å². The van der Waals surface area contributed by atoms with Crippen molar-refractivity contribution in [1.82, 2.24) is 15.0 Å². The molecule has 0 aliphatic rings. The van der Waals surface area contributed by atoms with Crippen molar-refractivity contribution in [3.05, 3.63) is 102 Å². The van der Waals surface area contributed by atoms with Crippen LogP contribution in [0.2, 0.25) is 0 Å². The molecule has 0 unspecified atom stereocenters. The minimum atomic E-state index is -4.90. The molecule has 11 nitrogen and oxygen atoms in total. The van der Waals surface area contributed by atoms with E-state index in [1.54, 1.807) is 67.8 Å². The molecule has 0 spiro atoms. The number of hydrogen-bond donors (Lipinski definition) is 2. The molecule has 49 heavy (non-hydrogen) atoms. The summed E-state index contributed by atoms with van der Waals surface area (Å²) in [5.74, 6) is -5.89. The summed E-state index contributed by atoms with van der Waals surface area (Å²) in [6.45, 7) is 3.80. The number of nitrogens with one attached hydrogen (secondary N) is 1. The molecular formula is C32H27F6N5O6. The molecule has 3 aromatic heterocycles. The Bertz CT molecular complexity index is 1840. The molecule has 0 saturated heterocycles. The summed E-state index contributed by atoms with van der Waals surface area (Å²) in [5, 5.41) is 11.1. The van der Waals surface area contributed by atoms with Crippen LogP contribution in [0.25, 0.3) is 22.9 Å². The number of benzene rings is 2. The first-order valence-electron chi connectivity index (χ1n) is 14.2. The number of methoxy groups -OCH3 is 1. The third-order valence-corrected chi connectivity index (χ3v) is 6.51. The van der Waals surface area contributed by atoms with Gasteiger partial charge in [-0.1, -0.05) is 36.4 Å². The summed E-state index contributed by atoms with van der Waals surface area (Å²) in [6, 6.07) is 19.0. The van der Waals surface area contributed by atoms with E-state index in [9.17, 15) is 35.9 Å². The first-order chi connectivity index (χ1) is 23.2. The van der Waals surface area contributed by atoms with Gasteiger partial charge in [0, 0.05) is 31.3 Å². The summed E-state index contributed by atoms with van der Waals surface area (Å²) in [7, 11) is 1.60. The zero-order valence-corrected chi connectivity index (χ0v) is 25.7. The molecule has 0 aliphatic carbocycles. The molecule has 2 aromatic carbocycles. The number of nitrogens with zero attached hydrogens (tertiary/aromatic N) is 4. The maximum Gasteiger partial charge on any atom is 0.452 e. The van der Waals surface area contributed by atoms with E-state index in [0.29, 0.717) is 31.1 Å². The Morgan fingerprint density at radius 3 is 1.73 bits per heavy atom. The SMILES string of the molecule is CCN(CCOC)c1ccc(NC(=O)c2nc(-c3ccccc3)oc2C(F)(F)F)cn1.O=C(O)c1nc(-c2ccccc2)oc1C(F)(F)F. The average Bonchev–Trinajstić information content (AvgIpc) is 3.74. The number of pyridine rings is 1. The van der Waals surface area contributed by atoms with Crippen molar-refractivity contribution in [2.45, 2.75) is 19.3 Å². The second-order valence-electron chi connectivity index (χ2n) is 9.86. The topological polar surface area (TPSA) is 144 Å². The van der Waals surface area contributed by atoms with Crippen LogP contribution < -0.4 is 10.2 Å². The summed E-state index contributed by atoms with van der Waals surface area (Å²) >= 11 is 0. The van der Waals surface area contributed by atoms with Gasteiger partial charge in [0.2, 0.25) is 23.3 Å². The Balaban J connectivity index is 0.000000254. The quantitative estimate of drug-likeness (QED) is 0.141. The third kappa shape index (κ3) is 9.22. The fourth-order valence-corrected chi connectivity index (χ4v) is 4.21. The lowest BCUT2D eigenvalue weighted by molar-refractivity contribution is -0.153. The molecule has 0 radical (unpaired) electrons. The smallest absolute Gasteiger partial charge is 0.452 e. The first-order valence-corrected chi connectivity index (χ1v) is 14.2. The van der Waals surface area contributed by atoms with Gasteiger partial charge in [-0.3, -0.25) is 4.79 Å². The molecule has 0 atom stereocenters. The highest BCUT2D eigenvalue weighted by Gasteiger charge is 2.43. The lowest BCUT2D eigenvalue weighted by Gasteiger charge is -2.21. The van der Waals surface area contributed by atoms with E-state index >= 15 is 0 Å². The highest BCUT2D eigenvalue weighted by atomic mass is 19.4. The van der Waals surface area contributed by atoms with E-state index in [1.807, 2.05) is 11.8 Å². The zero-order valence-electron chi connectivity index (χ0n) is 25.7. The van der Waals surface area contributed by atoms with Crippen LogP contribution in [0.4, 0.5) is 37.8 Å². The van der Waals surface area contributed by atoms with E-state index in [2.05, 4.69) is 24.7 Å². The van der Waals surface area contributed by atoms with Gasteiger partial charge < -0.3 is 28.9 Å². The number of aromatic nitrogens is 3. The Labute approximate surface area is 274 Å². The van der Waals surface area contributed by atoms with Crippen molar-refractivity contribution in [3.8, 4) is 22.9 Å². The molecule has 17 heteroatoms. The number of ether oxygens (including phenoxy) is 1. The van der Waals surface area contributed by atoms with Gasteiger partial charge in [0.25, 0.3) is 5.91 Å². The van der Waals surface area contributed by atoms with Gasteiger partial charge in [-0.2, -0.15) is 26.3 Å². The first kappa shape index (κ1) is 36.1. The summed E-state index contributed by atoms with van der Waals surface area (Å²) in [5.41, 5.74) is -1.15. The number of carboxylic acids is 1. The van der Waals surface area contributed by atoms with Crippen molar-refractivity contribution in [3.63, 3.8) is 0 Å². The number of rotatable bonds is 10. The molecule has 2 N–H and O–H groups in total. The van der Waals surface area contributed by atoms with Gasteiger partial charge in [0.05, 0.1) is 18.5 Å². The normalized spacial score (nSPS) is 11.4. The number of carbonyl (C=O) groups excluding carboxylic acids is 1. The van der Waals surface area contributed by atoms with Crippen LogP contribution in [0, 0.1) is 0 Å². The minimum absolute atomic E-state index is 0.230. The number of oxazole rings is 2. The van der Waals surface area contributed by atoms with Gasteiger partial charge >= 0.3 is 18.3 Å². The fraction of sp³-hybridized carbons (Fsp3) is 0.219. The van der Waals surface area contributed by atoms with Crippen LogP contribution in [-0.4, -0.2) is 58.7 Å². The van der Waals surface area contributed by atoms with E-state index in [0.717, 1.165) is 0 Å². The van der Waals surface area contributed by atoms with Crippen LogP contribution >= 0.6 is 0 Å². The highest BCUT2D eigenvalue weighted by Crippen LogP contribution is 2.36. The summed E-state index contributed by atoms with van der Waals surface area (Å²) in [6.07, 6.45) is -8.40. The van der Waals surface area contributed by atoms with Crippen LogP contribution in [0.3, 0.4) is 0 Å². The van der Waals surface area contributed by atoms with Crippen molar-refractivity contribution < 1.29 is 54.6 Å². The van der Waals surface area contributed by atoms with Gasteiger partial charge in [0.15, 0.2) is 11.4 Å².